The number of ether oxygens (including phenoxy) is 3. The third-order valence-electron chi connectivity index (χ3n) is 4.80. The van der Waals surface area contributed by atoms with Crippen molar-refractivity contribution in [1.29, 1.82) is 0 Å². The maximum absolute atomic E-state index is 12.2. The number of rotatable bonds is 6. The maximum Gasteiger partial charge on any atom is 0.343 e. The van der Waals surface area contributed by atoms with Crippen LogP contribution in [0.3, 0.4) is 0 Å². The van der Waals surface area contributed by atoms with E-state index in [4.69, 9.17) is 14.2 Å². The first kappa shape index (κ1) is 17.2. The van der Waals surface area contributed by atoms with Crippen molar-refractivity contribution in [3.8, 4) is 16.3 Å². The molecule has 0 bridgehead atoms. The predicted molar refractivity (Wildman–Crippen MR) is 99.6 cm³/mol. The molecule has 1 aliphatic carbocycles. The molecule has 1 aromatic heterocycles. The largest absolute Gasteiger partial charge is 0.488 e. The Labute approximate surface area is 156 Å². The van der Waals surface area contributed by atoms with Crippen molar-refractivity contribution in [3.05, 3.63) is 47.7 Å². The molecule has 26 heavy (non-hydrogen) atoms. The highest BCUT2D eigenvalue weighted by atomic mass is 32.1. The van der Waals surface area contributed by atoms with Gasteiger partial charge in [-0.1, -0.05) is 13.0 Å². The molecule has 1 saturated heterocycles. The highest BCUT2D eigenvalue weighted by molar-refractivity contribution is 7.15. The molecule has 2 heterocycles. The Hall–Kier alpha value is -2.18. The van der Waals surface area contributed by atoms with Crippen molar-refractivity contribution in [2.45, 2.75) is 37.7 Å². The third kappa shape index (κ3) is 3.66. The second-order valence-electron chi connectivity index (χ2n) is 6.62. The lowest BCUT2D eigenvalue weighted by Gasteiger charge is -2.23. The molecule has 1 saturated carbocycles. The van der Waals surface area contributed by atoms with Gasteiger partial charge in [-0.3, -0.25) is 0 Å². The number of carbonyl (C=O) groups excluding carboxylic acids is 1. The molecule has 2 aliphatic rings. The van der Waals surface area contributed by atoms with Crippen LogP contribution in [0.25, 0.3) is 10.6 Å². The summed E-state index contributed by atoms with van der Waals surface area (Å²) in [4.78, 5) is 18.1. The highest BCUT2D eigenvalue weighted by Gasteiger charge is 2.23. The van der Waals surface area contributed by atoms with E-state index < -0.39 is 5.97 Å². The van der Waals surface area contributed by atoms with Crippen LogP contribution >= 0.6 is 11.3 Å². The molecule has 1 aromatic carbocycles. The van der Waals surface area contributed by atoms with Crippen molar-refractivity contribution < 1.29 is 19.0 Å². The van der Waals surface area contributed by atoms with Gasteiger partial charge in [-0.15, -0.1) is 11.3 Å². The predicted octanol–water partition coefficient (Wildman–Crippen LogP) is 4.55. The smallest absolute Gasteiger partial charge is 0.343 e. The summed E-state index contributed by atoms with van der Waals surface area (Å²) < 4.78 is 16.3. The fourth-order valence-corrected chi connectivity index (χ4v) is 4.22. The van der Waals surface area contributed by atoms with Crippen molar-refractivity contribution in [1.82, 2.24) is 4.98 Å². The first-order valence-electron chi connectivity index (χ1n) is 8.90. The van der Waals surface area contributed by atoms with E-state index in [0.717, 1.165) is 23.3 Å². The normalized spacial score (nSPS) is 19.8. The number of benzene rings is 1. The molecular weight excluding hydrogens is 350 g/mol. The average molecular weight is 371 g/mol. The van der Waals surface area contributed by atoms with Crippen molar-refractivity contribution in [2.24, 2.45) is 0 Å². The summed E-state index contributed by atoms with van der Waals surface area (Å²) in [5.74, 6) is 0.820. The lowest BCUT2D eigenvalue weighted by Crippen LogP contribution is -2.16. The van der Waals surface area contributed by atoms with E-state index in [1.165, 1.54) is 24.1 Å². The summed E-state index contributed by atoms with van der Waals surface area (Å²) in [5.41, 5.74) is 1.30. The zero-order valence-electron chi connectivity index (χ0n) is 14.5. The molecule has 0 unspecified atom stereocenters. The van der Waals surface area contributed by atoms with E-state index in [0.29, 0.717) is 30.4 Å². The molecule has 0 radical (unpaired) electrons. The van der Waals surface area contributed by atoms with Gasteiger partial charge in [0.15, 0.2) is 0 Å². The molecule has 1 atom stereocenters. The summed E-state index contributed by atoms with van der Waals surface area (Å²) in [6.07, 6.45) is 7.73. The van der Waals surface area contributed by atoms with Crippen molar-refractivity contribution >= 4 is 17.3 Å². The molecule has 4 rings (SSSR count). The molecule has 1 aliphatic heterocycles. The molecule has 5 nitrogen and oxygen atoms in total. The van der Waals surface area contributed by atoms with Crippen molar-refractivity contribution in [2.75, 3.05) is 13.2 Å². The minimum atomic E-state index is -0.454. The van der Waals surface area contributed by atoms with Gasteiger partial charge in [-0.05, 0) is 37.0 Å². The van der Waals surface area contributed by atoms with E-state index in [1.54, 1.807) is 23.5 Å². The van der Waals surface area contributed by atoms with Gasteiger partial charge in [-0.2, -0.15) is 0 Å². The lowest BCUT2D eigenvalue weighted by atomic mass is 9.85. The lowest BCUT2D eigenvalue weighted by molar-refractivity contribution is 0.0663. The highest BCUT2D eigenvalue weighted by Crippen LogP contribution is 2.41. The topological polar surface area (TPSA) is 57.7 Å². The SMILES string of the molecule is C=COC(=O)c1cc(O[C@H]2CCOC2)cc(-c2ncc(C3CCC3)s2)c1. The first-order chi connectivity index (χ1) is 12.7. The molecule has 0 spiro atoms. The van der Waals surface area contributed by atoms with Gasteiger partial charge in [0.1, 0.15) is 16.9 Å². The first-order valence-corrected chi connectivity index (χ1v) is 9.72. The standard InChI is InChI=1S/C20H21NO4S/c1-2-24-20(22)15-8-14(9-17(10-15)25-16-6-7-23-12-16)19-21-11-18(26-19)13-4-3-5-13/h2,8-11,13,16H,1,3-7,12H2/t16-/m0/s1. The van der Waals surface area contributed by atoms with E-state index >= 15 is 0 Å². The van der Waals surface area contributed by atoms with E-state index in [2.05, 4.69) is 11.6 Å². The van der Waals surface area contributed by atoms with Crippen LogP contribution in [0.1, 0.15) is 46.8 Å². The Balaban J connectivity index is 1.64. The number of hydrogen-bond acceptors (Lipinski definition) is 6. The second-order valence-corrected chi connectivity index (χ2v) is 7.68. The quantitative estimate of drug-likeness (QED) is 0.551. The summed E-state index contributed by atoms with van der Waals surface area (Å²) in [6.45, 7) is 4.72. The van der Waals surface area contributed by atoms with Crippen LogP contribution in [0.5, 0.6) is 5.75 Å². The van der Waals surface area contributed by atoms with Gasteiger partial charge in [0.25, 0.3) is 0 Å². The van der Waals surface area contributed by atoms with Crippen LogP contribution in [0, 0.1) is 0 Å². The van der Waals surface area contributed by atoms with Gasteiger partial charge >= 0.3 is 5.97 Å². The molecule has 0 N–H and O–H groups in total. The monoisotopic (exact) mass is 371 g/mol. The second kappa shape index (κ2) is 7.60. The average Bonchev–Trinajstić information content (AvgIpc) is 3.25. The number of nitrogens with zero attached hydrogens (tertiary/aromatic N) is 1. The zero-order chi connectivity index (χ0) is 17.9. The van der Waals surface area contributed by atoms with Gasteiger partial charge in [0, 0.05) is 23.1 Å². The van der Waals surface area contributed by atoms with Gasteiger partial charge in [0.05, 0.1) is 25.0 Å². The maximum atomic E-state index is 12.2. The molecule has 6 heteroatoms. The van der Waals surface area contributed by atoms with Crippen LogP contribution < -0.4 is 4.74 Å². The molecular formula is C20H21NO4S. The fourth-order valence-electron chi connectivity index (χ4n) is 3.15. The number of esters is 1. The molecule has 2 fully saturated rings. The third-order valence-corrected chi connectivity index (χ3v) is 6.01. The number of aromatic nitrogens is 1. The Kier molecular flexibility index (Phi) is 5.04. The van der Waals surface area contributed by atoms with E-state index in [9.17, 15) is 4.79 Å². The summed E-state index contributed by atoms with van der Waals surface area (Å²) in [5, 5.41) is 0.896. The molecule has 0 amide bonds. The molecule has 136 valence electrons. The fraction of sp³-hybridized carbons (Fsp3) is 0.400. The Bertz CT molecular complexity index is 806. The Morgan fingerprint density at radius 1 is 1.31 bits per heavy atom. The Morgan fingerprint density at radius 2 is 2.19 bits per heavy atom. The summed E-state index contributed by atoms with van der Waals surface area (Å²) in [7, 11) is 0. The van der Waals surface area contributed by atoms with Crippen LogP contribution in [-0.4, -0.2) is 30.3 Å². The van der Waals surface area contributed by atoms with Gasteiger partial charge in [-0.25, -0.2) is 9.78 Å². The van der Waals surface area contributed by atoms with Crippen LogP contribution in [0.4, 0.5) is 0 Å². The number of hydrogen-bond donors (Lipinski definition) is 0. The van der Waals surface area contributed by atoms with Crippen LogP contribution in [0.15, 0.2) is 37.2 Å². The number of carbonyl (C=O) groups is 1. The minimum Gasteiger partial charge on any atom is -0.488 e. The van der Waals surface area contributed by atoms with Crippen LogP contribution in [-0.2, 0) is 9.47 Å². The van der Waals surface area contributed by atoms with Gasteiger partial charge in [0.2, 0.25) is 0 Å². The number of thiazole rings is 1. The van der Waals surface area contributed by atoms with E-state index in [-0.39, 0.29) is 6.10 Å². The Morgan fingerprint density at radius 3 is 2.88 bits per heavy atom. The van der Waals surface area contributed by atoms with Gasteiger partial charge < -0.3 is 14.2 Å². The summed E-state index contributed by atoms with van der Waals surface area (Å²) in [6, 6.07) is 5.44. The van der Waals surface area contributed by atoms with Crippen molar-refractivity contribution in [3.63, 3.8) is 0 Å². The van der Waals surface area contributed by atoms with E-state index in [1.807, 2.05) is 12.3 Å². The summed E-state index contributed by atoms with van der Waals surface area (Å²) >= 11 is 1.69. The molecule has 2 aromatic rings. The van der Waals surface area contributed by atoms with Crippen LogP contribution in [0.2, 0.25) is 0 Å². The minimum absolute atomic E-state index is 0.00959. The zero-order valence-corrected chi connectivity index (χ0v) is 15.3.